The number of ether oxygens (including phenoxy) is 2. The van der Waals surface area contributed by atoms with Gasteiger partial charge in [-0.2, -0.15) is 0 Å². The summed E-state index contributed by atoms with van der Waals surface area (Å²) in [7, 11) is 0. The van der Waals surface area contributed by atoms with Crippen molar-refractivity contribution in [1.29, 1.82) is 0 Å². The summed E-state index contributed by atoms with van der Waals surface area (Å²) in [6.07, 6.45) is 37.2. The second kappa shape index (κ2) is 35.4. The van der Waals surface area contributed by atoms with Crippen molar-refractivity contribution in [1.82, 2.24) is 0 Å². The highest BCUT2D eigenvalue weighted by atomic mass is 16.6. The molecule has 0 aromatic heterocycles. The normalized spacial score (nSPS) is 12.0. The van der Waals surface area contributed by atoms with Gasteiger partial charge in [0, 0.05) is 12.8 Å². The summed E-state index contributed by atoms with van der Waals surface area (Å²) in [4.78, 5) is 23.9. The van der Waals surface area contributed by atoms with E-state index >= 15 is 0 Å². The molecule has 0 heterocycles. The Balaban J connectivity index is 3.38. The molecule has 0 aromatic carbocycles. The van der Waals surface area contributed by atoms with Crippen molar-refractivity contribution in [2.24, 2.45) is 0 Å². The quantitative estimate of drug-likeness (QED) is 0.0571. The topological polar surface area (TPSA) is 72.8 Å². The summed E-state index contributed by atoms with van der Waals surface area (Å²) in [5.41, 5.74) is 0. The van der Waals surface area contributed by atoms with E-state index in [1.165, 1.54) is 161 Å². The molecule has 5 nitrogen and oxygen atoms in total. The molecule has 1 atom stereocenters. The second-order valence-corrected chi connectivity index (χ2v) is 13.1. The molecule has 0 bridgehead atoms. The first-order chi connectivity index (χ1) is 21.1. The molecular formula is C38H74O5. The first kappa shape index (κ1) is 41.9. The van der Waals surface area contributed by atoms with Crippen LogP contribution in [0.5, 0.6) is 0 Å². The van der Waals surface area contributed by atoms with E-state index in [2.05, 4.69) is 13.8 Å². The molecule has 256 valence electrons. The Bertz CT molecular complexity index is 579. The van der Waals surface area contributed by atoms with Gasteiger partial charge in [0.25, 0.3) is 0 Å². The maximum absolute atomic E-state index is 11.9. The average molecular weight is 611 g/mol. The fourth-order valence-electron chi connectivity index (χ4n) is 5.68. The van der Waals surface area contributed by atoms with E-state index in [0.29, 0.717) is 12.8 Å². The van der Waals surface area contributed by atoms with Crippen LogP contribution in [0.4, 0.5) is 0 Å². The first-order valence-corrected chi connectivity index (χ1v) is 19.1. The van der Waals surface area contributed by atoms with Crippen molar-refractivity contribution in [2.75, 3.05) is 13.2 Å². The van der Waals surface area contributed by atoms with Gasteiger partial charge in [0.1, 0.15) is 19.3 Å². The summed E-state index contributed by atoms with van der Waals surface area (Å²) in [6.45, 7) is 4.32. The Labute approximate surface area is 268 Å². The Morgan fingerprint density at radius 2 is 0.605 bits per heavy atom. The molecule has 0 aromatic rings. The smallest absolute Gasteiger partial charge is 0.305 e. The number of hydrogen-bond acceptors (Lipinski definition) is 5. The van der Waals surface area contributed by atoms with E-state index in [1.54, 1.807) is 0 Å². The highest BCUT2D eigenvalue weighted by Gasteiger charge is 2.12. The van der Waals surface area contributed by atoms with Gasteiger partial charge in [-0.1, -0.05) is 187 Å². The van der Waals surface area contributed by atoms with Crippen LogP contribution in [0, 0.1) is 0 Å². The van der Waals surface area contributed by atoms with E-state index < -0.39 is 6.10 Å². The van der Waals surface area contributed by atoms with Crippen molar-refractivity contribution in [3.8, 4) is 0 Å². The third-order valence-corrected chi connectivity index (χ3v) is 8.59. The monoisotopic (exact) mass is 611 g/mol. The Morgan fingerprint density at radius 3 is 0.837 bits per heavy atom. The van der Waals surface area contributed by atoms with E-state index in [1.807, 2.05) is 0 Å². The third kappa shape index (κ3) is 35.3. The molecule has 0 radical (unpaired) electrons. The van der Waals surface area contributed by atoms with Crippen LogP contribution in [0.3, 0.4) is 0 Å². The molecule has 1 N–H and O–H groups in total. The van der Waals surface area contributed by atoms with Crippen molar-refractivity contribution < 1.29 is 24.2 Å². The average Bonchev–Trinajstić information content (AvgIpc) is 3.01. The molecule has 0 spiro atoms. The van der Waals surface area contributed by atoms with Crippen LogP contribution in [-0.2, 0) is 19.1 Å². The second-order valence-electron chi connectivity index (χ2n) is 13.1. The predicted molar refractivity (Wildman–Crippen MR) is 182 cm³/mol. The lowest BCUT2D eigenvalue weighted by molar-refractivity contribution is -0.152. The SMILES string of the molecule is CCCCCCCCCCCCCCCCCC(=O)OC[C@@H](O)COC(=O)CCCCCCCCCCCCCCCC. The lowest BCUT2D eigenvalue weighted by Crippen LogP contribution is -2.25. The molecule has 0 saturated heterocycles. The number of carbonyl (C=O) groups excluding carboxylic acids is 2. The van der Waals surface area contributed by atoms with Gasteiger partial charge in [0.2, 0.25) is 0 Å². The maximum Gasteiger partial charge on any atom is 0.305 e. The fraction of sp³-hybridized carbons (Fsp3) is 0.947. The van der Waals surface area contributed by atoms with Crippen LogP contribution in [0.2, 0.25) is 0 Å². The minimum atomic E-state index is -0.953. The number of hydrogen-bond donors (Lipinski definition) is 1. The molecule has 43 heavy (non-hydrogen) atoms. The van der Waals surface area contributed by atoms with E-state index in [0.717, 1.165) is 25.7 Å². The van der Waals surface area contributed by atoms with Crippen LogP contribution in [0.25, 0.3) is 0 Å². The van der Waals surface area contributed by atoms with Crippen molar-refractivity contribution in [2.45, 2.75) is 219 Å². The van der Waals surface area contributed by atoms with Crippen molar-refractivity contribution >= 4 is 11.9 Å². The summed E-state index contributed by atoms with van der Waals surface area (Å²) >= 11 is 0. The van der Waals surface area contributed by atoms with Gasteiger partial charge < -0.3 is 14.6 Å². The Kier molecular flexibility index (Phi) is 34.5. The Morgan fingerprint density at radius 1 is 0.395 bits per heavy atom. The van der Waals surface area contributed by atoms with Crippen molar-refractivity contribution in [3.63, 3.8) is 0 Å². The van der Waals surface area contributed by atoms with Crippen LogP contribution in [0.15, 0.2) is 0 Å². The molecule has 5 heteroatoms. The number of aliphatic hydroxyl groups excluding tert-OH is 1. The number of unbranched alkanes of at least 4 members (excludes halogenated alkanes) is 27. The number of aliphatic hydroxyl groups is 1. The highest BCUT2D eigenvalue weighted by Crippen LogP contribution is 2.15. The molecule has 0 aliphatic rings. The fourth-order valence-corrected chi connectivity index (χ4v) is 5.68. The zero-order valence-corrected chi connectivity index (χ0v) is 29.0. The van der Waals surface area contributed by atoms with Crippen LogP contribution in [0.1, 0.15) is 213 Å². The van der Waals surface area contributed by atoms with Gasteiger partial charge in [-0.05, 0) is 12.8 Å². The minimum absolute atomic E-state index is 0.107. The molecule has 0 unspecified atom stereocenters. The number of carbonyl (C=O) groups is 2. The zero-order chi connectivity index (χ0) is 31.5. The van der Waals surface area contributed by atoms with Crippen LogP contribution in [-0.4, -0.2) is 36.4 Å². The maximum atomic E-state index is 11.9. The highest BCUT2D eigenvalue weighted by molar-refractivity contribution is 5.69. The predicted octanol–water partition coefficient (Wildman–Crippen LogP) is 11.6. The van der Waals surface area contributed by atoms with Gasteiger partial charge >= 0.3 is 11.9 Å². The largest absolute Gasteiger partial charge is 0.463 e. The summed E-state index contributed by atoms with van der Waals surface area (Å²) in [6, 6.07) is 0. The van der Waals surface area contributed by atoms with Gasteiger partial charge in [-0.15, -0.1) is 0 Å². The van der Waals surface area contributed by atoms with Gasteiger partial charge in [-0.25, -0.2) is 0 Å². The van der Waals surface area contributed by atoms with Gasteiger partial charge in [-0.3, -0.25) is 9.59 Å². The van der Waals surface area contributed by atoms with Crippen LogP contribution < -0.4 is 0 Å². The first-order valence-electron chi connectivity index (χ1n) is 19.1. The standard InChI is InChI=1S/C38H74O5/c1-3-5-7-9-11-13-15-17-19-21-23-25-27-29-31-33-38(41)43-35-36(39)34-42-37(40)32-30-28-26-24-22-20-18-16-14-12-10-8-6-4-2/h36,39H,3-35H2,1-2H3/t36-/m0/s1. The van der Waals surface area contributed by atoms with Crippen molar-refractivity contribution in [3.05, 3.63) is 0 Å². The summed E-state index contributed by atoms with van der Waals surface area (Å²) in [5.74, 6) is -0.551. The Hall–Kier alpha value is -1.10. The third-order valence-electron chi connectivity index (χ3n) is 8.59. The molecule has 0 fully saturated rings. The lowest BCUT2D eigenvalue weighted by Gasteiger charge is -2.12. The molecule has 0 aliphatic carbocycles. The lowest BCUT2D eigenvalue weighted by atomic mass is 10.0. The summed E-state index contributed by atoms with van der Waals surface area (Å²) in [5, 5.41) is 9.99. The van der Waals surface area contributed by atoms with Gasteiger partial charge in [0.15, 0.2) is 0 Å². The molecule has 0 aliphatic heterocycles. The number of esters is 2. The molecule has 0 amide bonds. The number of rotatable bonds is 35. The zero-order valence-electron chi connectivity index (χ0n) is 29.0. The van der Waals surface area contributed by atoms with E-state index in [9.17, 15) is 14.7 Å². The van der Waals surface area contributed by atoms with E-state index in [-0.39, 0.29) is 25.2 Å². The molecule has 0 saturated carbocycles. The van der Waals surface area contributed by atoms with Gasteiger partial charge in [0.05, 0.1) is 0 Å². The minimum Gasteiger partial charge on any atom is -0.463 e. The van der Waals surface area contributed by atoms with E-state index in [4.69, 9.17) is 9.47 Å². The van der Waals surface area contributed by atoms with Crippen LogP contribution >= 0.6 is 0 Å². The molecular weight excluding hydrogens is 536 g/mol. The summed E-state index contributed by atoms with van der Waals surface area (Å²) < 4.78 is 10.3. The molecule has 0 rings (SSSR count).